The third-order valence-electron chi connectivity index (χ3n) is 4.85. The molecule has 26 heavy (non-hydrogen) atoms. The Balaban J connectivity index is 1.47. The molecule has 0 spiro atoms. The highest BCUT2D eigenvalue weighted by molar-refractivity contribution is 7.98. The molecule has 0 aliphatic heterocycles. The summed E-state index contributed by atoms with van der Waals surface area (Å²) in [6.45, 7) is 2.31. The van der Waals surface area contributed by atoms with E-state index in [0.29, 0.717) is 11.6 Å². The molecule has 0 saturated carbocycles. The molecule has 0 radical (unpaired) electrons. The fourth-order valence-electron chi connectivity index (χ4n) is 3.55. The second kappa shape index (κ2) is 6.21. The van der Waals surface area contributed by atoms with Crippen LogP contribution in [0.5, 0.6) is 0 Å². The molecular weight excluding hydrogens is 364 g/mol. The van der Waals surface area contributed by atoms with Crippen molar-refractivity contribution in [2.75, 3.05) is 5.73 Å². The molecule has 0 amide bonds. The maximum Gasteiger partial charge on any atom is 0.169 e. The van der Waals surface area contributed by atoms with Crippen molar-refractivity contribution in [3.63, 3.8) is 0 Å². The number of imidazole rings is 1. The van der Waals surface area contributed by atoms with Crippen molar-refractivity contribution < 1.29 is 0 Å². The van der Waals surface area contributed by atoms with Crippen molar-refractivity contribution in [3.8, 4) is 0 Å². The van der Waals surface area contributed by atoms with Gasteiger partial charge in [0.1, 0.15) is 21.5 Å². The molecule has 4 aromatic heterocycles. The Morgan fingerprint density at radius 1 is 1.27 bits per heavy atom. The monoisotopic (exact) mass is 382 g/mol. The molecule has 4 heterocycles. The van der Waals surface area contributed by atoms with Crippen molar-refractivity contribution in [2.24, 2.45) is 5.92 Å². The number of aromatic nitrogens is 5. The summed E-state index contributed by atoms with van der Waals surface area (Å²) in [5.74, 6) is 2.73. The number of aryl methyl sites for hydroxylation is 1. The van der Waals surface area contributed by atoms with Crippen LogP contribution >= 0.6 is 23.1 Å². The third-order valence-corrected chi connectivity index (χ3v) is 6.96. The molecule has 6 nitrogen and oxygen atoms in total. The molecule has 0 saturated heterocycles. The molecular formula is C18H18N6S2. The smallest absolute Gasteiger partial charge is 0.169 e. The van der Waals surface area contributed by atoms with Gasteiger partial charge in [-0.3, -0.25) is 0 Å². The number of hydrogen-bond donors (Lipinski definition) is 1. The summed E-state index contributed by atoms with van der Waals surface area (Å²) in [5.41, 5.74) is 8.55. The average molecular weight is 383 g/mol. The Bertz CT molecular complexity index is 1120. The van der Waals surface area contributed by atoms with Gasteiger partial charge in [0, 0.05) is 29.7 Å². The second-order valence-corrected chi connectivity index (χ2v) is 8.78. The zero-order valence-corrected chi connectivity index (χ0v) is 16.0. The van der Waals surface area contributed by atoms with E-state index in [1.165, 1.54) is 16.9 Å². The lowest BCUT2D eigenvalue weighted by Gasteiger charge is -2.17. The van der Waals surface area contributed by atoms with E-state index < -0.39 is 0 Å². The second-order valence-electron chi connectivity index (χ2n) is 6.74. The minimum absolute atomic E-state index is 0.615. The number of nitrogens with two attached hydrogens (primary N) is 1. The summed E-state index contributed by atoms with van der Waals surface area (Å²) < 4.78 is 1.96. The van der Waals surface area contributed by atoms with E-state index in [4.69, 9.17) is 10.7 Å². The van der Waals surface area contributed by atoms with Crippen LogP contribution in [0.25, 0.3) is 15.9 Å². The summed E-state index contributed by atoms with van der Waals surface area (Å²) in [6.07, 6.45) is 10.8. The van der Waals surface area contributed by atoms with Gasteiger partial charge in [0.05, 0.1) is 11.1 Å². The van der Waals surface area contributed by atoms with Crippen LogP contribution in [0, 0.1) is 5.92 Å². The highest BCUT2D eigenvalue weighted by atomic mass is 32.2. The molecule has 1 aliphatic carbocycles. The van der Waals surface area contributed by atoms with Gasteiger partial charge in [-0.2, -0.15) is 0 Å². The van der Waals surface area contributed by atoms with Crippen LogP contribution in [0.3, 0.4) is 0 Å². The van der Waals surface area contributed by atoms with Crippen molar-refractivity contribution in [2.45, 2.75) is 37.0 Å². The van der Waals surface area contributed by atoms with Gasteiger partial charge in [-0.05, 0) is 30.7 Å². The molecule has 2 N–H and O–H groups in total. The predicted octanol–water partition coefficient (Wildman–Crippen LogP) is 3.73. The van der Waals surface area contributed by atoms with Gasteiger partial charge in [-0.1, -0.05) is 18.7 Å². The lowest BCUT2D eigenvalue weighted by molar-refractivity contribution is 0.509. The van der Waals surface area contributed by atoms with Gasteiger partial charge in [0.15, 0.2) is 5.65 Å². The van der Waals surface area contributed by atoms with E-state index >= 15 is 0 Å². The van der Waals surface area contributed by atoms with E-state index in [2.05, 4.69) is 21.9 Å². The van der Waals surface area contributed by atoms with Crippen molar-refractivity contribution >= 4 is 44.8 Å². The first kappa shape index (κ1) is 16.0. The summed E-state index contributed by atoms with van der Waals surface area (Å²) in [7, 11) is 0. The largest absolute Gasteiger partial charge is 0.383 e. The Kier molecular flexibility index (Phi) is 3.82. The van der Waals surface area contributed by atoms with E-state index in [0.717, 1.165) is 45.5 Å². The number of thioether (sulfide) groups is 1. The number of fused-ring (bicyclic) bond motifs is 4. The Hall–Kier alpha value is -2.19. The van der Waals surface area contributed by atoms with Crippen molar-refractivity contribution in [1.82, 2.24) is 24.3 Å². The summed E-state index contributed by atoms with van der Waals surface area (Å²) in [6, 6.07) is 0. The molecule has 1 aliphatic rings. The van der Waals surface area contributed by atoms with Crippen LogP contribution in [0.15, 0.2) is 29.8 Å². The summed E-state index contributed by atoms with van der Waals surface area (Å²) in [5, 5.41) is 1.96. The van der Waals surface area contributed by atoms with Gasteiger partial charge in [0.2, 0.25) is 0 Å². The lowest BCUT2D eigenvalue weighted by atomic mass is 9.89. The number of rotatable bonds is 3. The number of thiophene rings is 1. The normalized spacial score (nSPS) is 17.0. The van der Waals surface area contributed by atoms with Gasteiger partial charge in [0.25, 0.3) is 0 Å². The highest BCUT2D eigenvalue weighted by Gasteiger charge is 2.23. The lowest BCUT2D eigenvalue weighted by Crippen LogP contribution is -2.09. The average Bonchev–Trinajstić information content (AvgIpc) is 3.23. The quantitative estimate of drug-likeness (QED) is 0.544. The number of nitrogen functional groups attached to an aromatic ring is 1. The van der Waals surface area contributed by atoms with Crippen LogP contribution in [0.1, 0.15) is 29.6 Å². The van der Waals surface area contributed by atoms with Crippen LogP contribution in [0.4, 0.5) is 5.82 Å². The molecule has 5 rings (SSSR count). The Morgan fingerprint density at radius 3 is 3.00 bits per heavy atom. The molecule has 4 aromatic rings. The van der Waals surface area contributed by atoms with E-state index in [9.17, 15) is 0 Å². The molecule has 0 bridgehead atoms. The molecule has 1 unspecified atom stereocenters. The molecule has 132 valence electrons. The summed E-state index contributed by atoms with van der Waals surface area (Å²) >= 11 is 3.37. The summed E-state index contributed by atoms with van der Waals surface area (Å²) in [4.78, 5) is 20.6. The molecule has 8 heteroatoms. The highest BCUT2D eigenvalue weighted by Crippen LogP contribution is 2.39. The van der Waals surface area contributed by atoms with Crippen LogP contribution in [0.2, 0.25) is 0 Å². The minimum Gasteiger partial charge on any atom is -0.383 e. The van der Waals surface area contributed by atoms with Gasteiger partial charge in [-0.15, -0.1) is 11.3 Å². The first-order valence-corrected chi connectivity index (χ1v) is 10.5. The van der Waals surface area contributed by atoms with Crippen LogP contribution < -0.4 is 5.73 Å². The number of hydrogen-bond acceptors (Lipinski definition) is 7. The number of anilines is 1. The maximum absolute atomic E-state index is 6.32. The van der Waals surface area contributed by atoms with Crippen molar-refractivity contribution in [3.05, 3.63) is 41.1 Å². The Labute approximate surface area is 158 Å². The first-order chi connectivity index (χ1) is 12.7. The van der Waals surface area contributed by atoms with Crippen LogP contribution in [-0.2, 0) is 18.6 Å². The standard InChI is InChI=1S/C18H18N6S2/c1-10-2-3-11-12(8-10)26-17-14(11)15(19)22-13(23-17)9-25-18-16-20-4-6-24(16)7-5-21-18/h4-7,10H,2-3,8-9H2,1H3,(H2,19,22,23). The third kappa shape index (κ3) is 2.64. The maximum atomic E-state index is 6.32. The fourth-order valence-corrected chi connectivity index (χ4v) is 5.77. The van der Waals surface area contributed by atoms with E-state index in [1.54, 1.807) is 35.5 Å². The minimum atomic E-state index is 0.615. The topological polar surface area (TPSA) is 82.0 Å². The van der Waals surface area contributed by atoms with Gasteiger partial charge >= 0.3 is 0 Å². The van der Waals surface area contributed by atoms with E-state index in [1.807, 2.05) is 16.8 Å². The molecule has 0 aromatic carbocycles. The fraction of sp³-hybridized carbons (Fsp3) is 0.333. The van der Waals surface area contributed by atoms with Crippen molar-refractivity contribution in [1.29, 1.82) is 0 Å². The zero-order valence-electron chi connectivity index (χ0n) is 14.3. The predicted molar refractivity (Wildman–Crippen MR) is 106 cm³/mol. The van der Waals surface area contributed by atoms with E-state index in [-0.39, 0.29) is 0 Å². The Morgan fingerprint density at radius 2 is 2.12 bits per heavy atom. The molecule has 1 atom stereocenters. The molecule has 0 fully saturated rings. The number of nitrogens with zero attached hydrogens (tertiary/aromatic N) is 5. The van der Waals surface area contributed by atoms with Gasteiger partial charge < -0.3 is 10.1 Å². The van der Waals surface area contributed by atoms with Crippen LogP contribution in [-0.4, -0.2) is 24.3 Å². The zero-order chi connectivity index (χ0) is 17.7. The first-order valence-electron chi connectivity index (χ1n) is 8.66. The van der Waals surface area contributed by atoms with Gasteiger partial charge in [-0.25, -0.2) is 19.9 Å². The SMILES string of the molecule is CC1CCc2c(sc3nc(CSc4nccn5ccnc45)nc(N)c23)C1.